The molecule has 2 nitrogen and oxygen atoms in total. The molecule has 18 heavy (non-hydrogen) atoms. The minimum absolute atomic E-state index is 0.499. The van der Waals surface area contributed by atoms with Crippen molar-refractivity contribution in [3.63, 3.8) is 0 Å². The Bertz CT molecular complexity index is 331. The molecule has 1 saturated carbocycles. The lowest BCUT2D eigenvalue weighted by molar-refractivity contribution is 0.0501. The van der Waals surface area contributed by atoms with Gasteiger partial charge < -0.3 is 10.1 Å². The van der Waals surface area contributed by atoms with E-state index < -0.39 is 0 Å². The number of anilines is 1. The van der Waals surface area contributed by atoms with Gasteiger partial charge in [-0.05, 0) is 37.1 Å². The highest BCUT2D eigenvalue weighted by Crippen LogP contribution is 2.19. The van der Waals surface area contributed by atoms with Crippen molar-refractivity contribution < 1.29 is 4.74 Å². The van der Waals surface area contributed by atoms with Gasteiger partial charge >= 0.3 is 0 Å². The fourth-order valence-electron chi connectivity index (χ4n) is 2.40. The van der Waals surface area contributed by atoms with Crippen LogP contribution in [0.2, 0.25) is 0 Å². The minimum Gasteiger partial charge on any atom is -0.383 e. The molecule has 0 radical (unpaired) electrons. The zero-order valence-corrected chi connectivity index (χ0v) is 12.4. The SMILES string of the molecule is Brc1ccc(NCCOC2CCCCCC2)cc1. The average Bonchev–Trinajstić information content (AvgIpc) is 2.65. The first-order chi connectivity index (χ1) is 8.84. The van der Waals surface area contributed by atoms with Crippen LogP contribution in [0.25, 0.3) is 0 Å². The summed E-state index contributed by atoms with van der Waals surface area (Å²) in [6, 6.07) is 8.26. The monoisotopic (exact) mass is 311 g/mol. The molecule has 1 aromatic rings. The second kappa shape index (κ2) is 7.80. The second-order valence-electron chi connectivity index (χ2n) is 4.92. The molecular formula is C15H22BrNO. The Labute approximate surface area is 118 Å². The number of nitrogens with one attached hydrogen (secondary N) is 1. The van der Waals surface area contributed by atoms with Gasteiger partial charge in [0.05, 0.1) is 12.7 Å². The van der Waals surface area contributed by atoms with E-state index in [9.17, 15) is 0 Å². The smallest absolute Gasteiger partial charge is 0.0642 e. The summed E-state index contributed by atoms with van der Waals surface area (Å²) in [5.74, 6) is 0. The van der Waals surface area contributed by atoms with Crippen LogP contribution in [0.3, 0.4) is 0 Å². The summed E-state index contributed by atoms with van der Waals surface area (Å²) in [6.07, 6.45) is 8.44. The summed E-state index contributed by atoms with van der Waals surface area (Å²) in [5.41, 5.74) is 1.16. The van der Waals surface area contributed by atoms with Crippen molar-refractivity contribution in [2.75, 3.05) is 18.5 Å². The fourth-order valence-corrected chi connectivity index (χ4v) is 2.66. The lowest BCUT2D eigenvalue weighted by Crippen LogP contribution is -2.17. The van der Waals surface area contributed by atoms with Crippen LogP contribution in [-0.2, 0) is 4.74 Å². The van der Waals surface area contributed by atoms with Crippen LogP contribution in [0.5, 0.6) is 0 Å². The van der Waals surface area contributed by atoms with Crippen LogP contribution in [0, 0.1) is 0 Å². The minimum atomic E-state index is 0.499. The first-order valence-corrected chi connectivity index (χ1v) is 7.75. The lowest BCUT2D eigenvalue weighted by Gasteiger charge is -2.15. The van der Waals surface area contributed by atoms with E-state index in [-0.39, 0.29) is 0 Å². The van der Waals surface area contributed by atoms with E-state index >= 15 is 0 Å². The Morgan fingerprint density at radius 1 is 1.06 bits per heavy atom. The van der Waals surface area contributed by atoms with Crippen molar-refractivity contribution in [1.82, 2.24) is 0 Å². The molecule has 0 unspecified atom stereocenters. The maximum absolute atomic E-state index is 5.94. The quantitative estimate of drug-likeness (QED) is 0.634. The van der Waals surface area contributed by atoms with Gasteiger partial charge in [0.15, 0.2) is 0 Å². The number of rotatable bonds is 5. The van der Waals surface area contributed by atoms with Gasteiger partial charge in [-0.15, -0.1) is 0 Å². The molecule has 0 bridgehead atoms. The molecule has 0 atom stereocenters. The zero-order chi connectivity index (χ0) is 12.6. The van der Waals surface area contributed by atoms with E-state index in [0.29, 0.717) is 6.10 Å². The van der Waals surface area contributed by atoms with Gasteiger partial charge in [-0.25, -0.2) is 0 Å². The summed E-state index contributed by atoms with van der Waals surface area (Å²) >= 11 is 3.43. The van der Waals surface area contributed by atoms with Gasteiger partial charge in [-0.3, -0.25) is 0 Å². The topological polar surface area (TPSA) is 21.3 Å². The molecule has 1 fully saturated rings. The summed E-state index contributed by atoms with van der Waals surface area (Å²) < 4.78 is 7.05. The van der Waals surface area contributed by atoms with Crippen molar-refractivity contribution >= 4 is 21.6 Å². The van der Waals surface area contributed by atoms with E-state index in [1.165, 1.54) is 38.5 Å². The number of benzene rings is 1. The predicted molar refractivity (Wildman–Crippen MR) is 80.1 cm³/mol. The Kier molecular flexibility index (Phi) is 6.01. The summed E-state index contributed by atoms with van der Waals surface area (Å²) in [4.78, 5) is 0. The highest BCUT2D eigenvalue weighted by Gasteiger charge is 2.11. The third-order valence-electron chi connectivity index (χ3n) is 3.43. The number of ether oxygens (including phenoxy) is 1. The number of halogens is 1. The van der Waals surface area contributed by atoms with Gasteiger partial charge in [0.25, 0.3) is 0 Å². The van der Waals surface area contributed by atoms with Crippen molar-refractivity contribution in [3.05, 3.63) is 28.7 Å². The Hall–Kier alpha value is -0.540. The largest absolute Gasteiger partial charge is 0.383 e. The van der Waals surface area contributed by atoms with E-state index in [1.54, 1.807) is 0 Å². The Morgan fingerprint density at radius 3 is 2.39 bits per heavy atom. The summed E-state index contributed by atoms with van der Waals surface area (Å²) in [5, 5.41) is 3.38. The number of hydrogen-bond donors (Lipinski definition) is 1. The molecule has 0 aliphatic heterocycles. The normalized spacial score (nSPS) is 17.4. The molecule has 3 heteroatoms. The molecule has 0 aromatic heterocycles. The third-order valence-corrected chi connectivity index (χ3v) is 3.96. The van der Waals surface area contributed by atoms with E-state index in [1.807, 2.05) is 0 Å². The van der Waals surface area contributed by atoms with Crippen LogP contribution < -0.4 is 5.32 Å². The molecule has 1 aromatic carbocycles. The lowest BCUT2D eigenvalue weighted by atomic mass is 10.1. The second-order valence-corrected chi connectivity index (χ2v) is 5.83. The van der Waals surface area contributed by atoms with Crippen LogP contribution in [0.15, 0.2) is 28.7 Å². The van der Waals surface area contributed by atoms with Crippen molar-refractivity contribution in [3.8, 4) is 0 Å². The molecule has 0 saturated heterocycles. The molecule has 1 aliphatic rings. The van der Waals surface area contributed by atoms with Crippen LogP contribution >= 0.6 is 15.9 Å². The molecule has 1 aliphatic carbocycles. The molecule has 100 valence electrons. The van der Waals surface area contributed by atoms with Gasteiger partial charge in [-0.1, -0.05) is 41.6 Å². The van der Waals surface area contributed by atoms with Gasteiger partial charge in [0.1, 0.15) is 0 Å². The molecule has 0 spiro atoms. The standard InChI is InChI=1S/C15H22BrNO/c16-13-7-9-14(10-8-13)17-11-12-18-15-5-3-1-2-4-6-15/h7-10,15,17H,1-6,11-12H2. The van der Waals surface area contributed by atoms with Crippen LogP contribution in [-0.4, -0.2) is 19.3 Å². The van der Waals surface area contributed by atoms with Gasteiger partial charge in [0.2, 0.25) is 0 Å². The average molecular weight is 312 g/mol. The van der Waals surface area contributed by atoms with E-state index in [0.717, 1.165) is 23.3 Å². The summed E-state index contributed by atoms with van der Waals surface area (Å²) in [7, 11) is 0. The first-order valence-electron chi connectivity index (χ1n) is 6.95. The predicted octanol–water partition coefficient (Wildman–Crippen LogP) is 4.60. The van der Waals surface area contributed by atoms with Crippen molar-refractivity contribution in [2.24, 2.45) is 0 Å². The Morgan fingerprint density at radius 2 is 1.72 bits per heavy atom. The fraction of sp³-hybridized carbons (Fsp3) is 0.600. The zero-order valence-electron chi connectivity index (χ0n) is 10.8. The molecule has 1 N–H and O–H groups in total. The first kappa shape index (κ1) is 13.9. The molecular weight excluding hydrogens is 290 g/mol. The maximum Gasteiger partial charge on any atom is 0.0642 e. The highest BCUT2D eigenvalue weighted by atomic mass is 79.9. The highest BCUT2D eigenvalue weighted by molar-refractivity contribution is 9.10. The molecule has 0 heterocycles. The van der Waals surface area contributed by atoms with E-state index in [4.69, 9.17) is 4.74 Å². The van der Waals surface area contributed by atoms with Crippen molar-refractivity contribution in [2.45, 2.75) is 44.6 Å². The van der Waals surface area contributed by atoms with E-state index in [2.05, 4.69) is 45.5 Å². The summed E-state index contributed by atoms with van der Waals surface area (Å²) in [6.45, 7) is 1.69. The van der Waals surface area contributed by atoms with Crippen LogP contribution in [0.4, 0.5) is 5.69 Å². The van der Waals surface area contributed by atoms with Crippen LogP contribution in [0.1, 0.15) is 38.5 Å². The molecule has 0 amide bonds. The maximum atomic E-state index is 5.94. The van der Waals surface area contributed by atoms with Crippen molar-refractivity contribution in [1.29, 1.82) is 0 Å². The number of hydrogen-bond acceptors (Lipinski definition) is 2. The van der Waals surface area contributed by atoms with Gasteiger partial charge in [-0.2, -0.15) is 0 Å². The Balaban J connectivity index is 1.61. The molecule has 2 rings (SSSR count). The third kappa shape index (κ3) is 4.99. The van der Waals surface area contributed by atoms with Gasteiger partial charge in [0, 0.05) is 16.7 Å².